The van der Waals surface area contributed by atoms with E-state index in [1.165, 1.54) is 7.11 Å². The molecule has 45 heavy (non-hydrogen) atoms. The van der Waals surface area contributed by atoms with Gasteiger partial charge >= 0.3 is 12.1 Å². The van der Waals surface area contributed by atoms with E-state index in [1.807, 2.05) is 6.92 Å². The van der Waals surface area contributed by atoms with Gasteiger partial charge in [-0.3, -0.25) is 15.0 Å². The molecule has 0 aliphatic carbocycles. The van der Waals surface area contributed by atoms with Crippen molar-refractivity contribution in [1.29, 1.82) is 5.41 Å². The molecule has 0 saturated heterocycles. The van der Waals surface area contributed by atoms with Gasteiger partial charge in [0.1, 0.15) is 23.7 Å². The summed E-state index contributed by atoms with van der Waals surface area (Å²) >= 11 is 0. The maximum Gasteiger partial charge on any atom is 0.407 e. The number of esters is 1. The van der Waals surface area contributed by atoms with Crippen LogP contribution >= 0.6 is 0 Å². The van der Waals surface area contributed by atoms with Crippen molar-refractivity contribution in [3.05, 3.63) is 71.2 Å². The predicted octanol–water partition coefficient (Wildman–Crippen LogP) is 2.44. The van der Waals surface area contributed by atoms with Gasteiger partial charge in [-0.25, -0.2) is 14.0 Å². The lowest BCUT2D eigenvalue weighted by Gasteiger charge is -2.17. The molecule has 2 heterocycles. The van der Waals surface area contributed by atoms with E-state index in [0.717, 1.165) is 12.0 Å². The molecule has 3 aromatic rings. The third-order valence-corrected chi connectivity index (χ3v) is 6.58. The van der Waals surface area contributed by atoms with E-state index < -0.39 is 35.9 Å². The molecule has 8 N–H and O–H groups in total. The van der Waals surface area contributed by atoms with Crippen molar-refractivity contribution in [2.24, 2.45) is 16.6 Å². The zero-order valence-electron chi connectivity index (χ0n) is 24.9. The minimum absolute atomic E-state index is 0.0212. The zero-order chi connectivity index (χ0) is 32.9. The van der Waals surface area contributed by atoms with Gasteiger partial charge in [-0.2, -0.15) is 0 Å². The van der Waals surface area contributed by atoms with E-state index in [-0.39, 0.29) is 37.0 Å². The van der Waals surface area contributed by atoms with E-state index in [1.54, 1.807) is 48.5 Å². The minimum atomic E-state index is -1.07. The quantitative estimate of drug-likeness (QED) is 0.0757. The van der Waals surface area contributed by atoms with Gasteiger partial charge in [0, 0.05) is 29.4 Å². The first-order valence-corrected chi connectivity index (χ1v) is 14.0. The Morgan fingerprint density at radius 3 is 2.49 bits per heavy atom. The number of benzene rings is 2. The Balaban J connectivity index is 0.000000350. The van der Waals surface area contributed by atoms with Gasteiger partial charge in [0.2, 0.25) is 5.91 Å². The molecule has 1 aliphatic rings. The average molecular weight is 626 g/mol. The first-order chi connectivity index (χ1) is 21.5. The van der Waals surface area contributed by atoms with Gasteiger partial charge in [0.25, 0.3) is 5.91 Å². The number of aromatic amines is 1. The number of oxime groups is 1. The van der Waals surface area contributed by atoms with Crippen molar-refractivity contribution < 1.29 is 37.9 Å². The monoisotopic (exact) mass is 625 g/mol. The average Bonchev–Trinajstić information content (AvgIpc) is 3.63. The fourth-order valence-corrected chi connectivity index (χ4v) is 4.15. The Morgan fingerprint density at radius 2 is 1.87 bits per heavy atom. The number of halogens is 1. The van der Waals surface area contributed by atoms with Crippen molar-refractivity contribution >= 4 is 46.3 Å². The standard InChI is InChI=1S/C21H29N5O6.C9H7FN2O/c1-3-4-9-31-21(29)25-17(20(28)30-2)12-24-18(27)11-15-10-16(26-32-15)13-5-7-14(8-6-13)19(22)23;10-7-5-3-1-2-4-6(5)12-8(7)9(11)13/h5-8,15,17H,3-4,9-12H2,1-2H3,(H3,22,23)(H,24,27)(H,25,29);1-4,12H,(H2,11,13). The number of aromatic nitrogens is 1. The Morgan fingerprint density at radius 1 is 1.16 bits per heavy atom. The molecule has 14 nitrogen and oxygen atoms in total. The normalized spacial score (nSPS) is 14.2. The van der Waals surface area contributed by atoms with Gasteiger partial charge in [-0.05, 0) is 24.1 Å². The van der Waals surface area contributed by atoms with Crippen LogP contribution in [0.5, 0.6) is 0 Å². The van der Waals surface area contributed by atoms with E-state index in [0.29, 0.717) is 35.0 Å². The summed E-state index contributed by atoms with van der Waals surface area (Å²) in [6.07, 6.45) is 0.807. The van der Waals surface area contributed by atoms with Crippen molar-refractivity contribution in [2.45, 2.75) is 44.8 Å². The molecule has 0 saturated carbocycles. The molecule has 1 aliphatic heterocycles. The number of para-hydroxylation sites is 1. The summed E-state index contributed by atoms with van der Waals surface area (Å²) in [5, 5.41) is 16.8. The molecule has 0 fully saturated rings. The summed E-state index contributed by atoms with van der Waals surface area (Å²) in [4.78, 5) is 54.7. The number of methoxy groups -OCH3 is 1. The van der Waals surface area contributed by atoms with Crippen molar-refractivity contribution in [2.75, 3.05) is 20.3 Å². The number of hydrogen-bond donors (Lipinski definition) is 6. The Bertz CT molecular complexity index is 1560. The summed E-state index contributed by atoms with van der Waals surface area (Å²) < 4.78 is 23.0. The summed E-state index contributed by atoms with van der Waals surface area (Å²) in [6.45, 7) is 2.04. The summed E-state index contributed by atoms with van der Waals surface area (Å²) in [6, 6.07) is 12.7. The van der Waals surface area contributed by atoms with Crippen molar-refractivity contribution in [1.82, 2.24) is 15.6 Å². The third-order valence-electron chi connectivity index (χ3n) is 6.58. The van der Waals surface area contributed by atoms with E-state index in [4.69, 9.17) is 26.5 Å². The molecule has 0 spiro atoms. The van der Waals surface area contributed by atoms with Gasteiger partial charge in [0.15, 0.2) is 5.82 Å². The molecule has 3 amide bonds. The second-order valence-corrected chi connectivity index (χ2v) is 9.90. The number of amides is 3. The second-order valence-electron chi connectivity index (χ2n) is 9.90. The summed E-state index contributed by atoms with van der Waals surface area (Å²) in [5.74, 6) is -2.45. The Labute approximate surface area is 258 Å². The molecule has 1 aromatic heterocycles. The van der Waals surface area contributed by atoms with Gasteiger partial charge in [0.05, 0.1) is 25.8 Å². The molecule has 15 heteroatoms. The number of primary amides is 1. The maximum absolute atomic E-state index is 13.3. The maximum atomic E-state index is 13.3. The zero-order valence-corrected chi connectivity index (χ0v) is 24.9. The molecule has 2 atom stereocenters. The number of nitrogens with one attached hydrogen (secondary N) is 4. The molecular formula is C30H36FN7O7. The van der Waals surface area contributed by atoms with Crippen molar-refractivity contribution in [3.63, 3.8) is 0 Å². The highest BCUT2D eigenvalue weighted by atomic mass is 19.1. The van der Waals surface area contributed by atoms with Crippen LogP contribution in [0.4, 0.5) is 9.18 Å². The molecule has 240 valence electrons. The number of carbonyl (C=O) groups is 4. The van der Waals surface area contributed by atoms with E-state index in [2.05, 4.69) is 25.5 Å². The fraction of sp³-hybridized carbons (Fsp3) is 0.333. The topological polar surface area (TPSA) is 224 Å². The number of nitrogens with two attached hydrogens (primary N) is 2. The number of alkyl carbamates (subject to hydrolysis) is 1. The minimum Gasteiger partial charge on any atom is -0.467 e. The lowest BCUT2D eigenvalue weighted by atomic mass is 10.0. The number of rotatable bonds is 12. The molecular weight excluding hydrogens is 589 g/mol. The van der Waals surface area contributed by atoms with E-state index in [9.17, 15) is 23.6 Å². The number of unbranched alkanes of at least 4 members (excludes halogenated alkanes) is 1. The predicted molar refractivity (Wildman–Crippen MR) is 163 cm³/mol. The van der Waals surface area contributed by atoms with Gasteiger partial charge in [-0.15, -0.1) is 0 Å². The van der Waals surface area contributed by atoms with Crippen LogP contribution in [0, 0.1) is 11.2 Å². The highest BCUT2D eigenvalue weighted by Gasteiger charge is 2.27. The van der Waals surface area contributed by atoms with Crippen LogP contribution in [0.15, 0.2) is 53.7 Å². The molecule has 0 bridgehead atoms. The van der Waals surface area contributed by atoms with Crippen LogP contribution in [-0.4, -0.2) is 72.8 Å². The van der Waals surface area contributed by atoms with Crippen LogP contribution in [0.3, 0.4) is 0 Å². The number of nitrogens with zero attached hydrogens (tertiary/aromatic N) is 1. The number of hydrogen-bond acceptors (Lipinski definition) is 9. The Kier molecular flexibility index (Phi) is 12.4. The van der Waals surface area contributed by atoms with Gasteiger partial charge in [-0.1, -0.05) is 54.9 Å². The number of ether oxygens (including phenoxy) is 2. The number of H-pyrrole nitrogens is 1. The number of fused-ring (bicyclic) bond motifs is 1. The fourth-order valence-electron chi connectivity index (χ4n) is 4.15. The first-order valence-electron chi connectivity index (χ1n) is 14.0. The summed E-state index contributed by atoms with van der Waals surface area (Å²) in [7, 11) is 1.19. The summed E-state index contributed by atoms with van der Waals surface area (Å²) in [5.41, 5.74) is 12.9. The van der Waals surface area contributed by atoms with Crippen LogP contribution in [-0.2, 0) is 23.9 Å². The highest BCUT2D eigenvalue weighted by Crippen LogP contribution is 2.20. The SMILES string of the molecule is CCCCOC(=O)NC(CNC(=O)CC1CC(c2ccc(C(=N)N)cc2)=NO1)C(=O)OC.NC(=O)c1[nH]c2ccccc2c1F. The lowest BCUT2D eigenvalue weighted by Crippen LogP contribution is -2.49. The van der Waals surface area contributed by atoms with Crippen LogP contribution in [0.1, 0.15) is 54.2 Å². The van der Waals surface area contributed by atoms with Gasteiger partial charge < -0.3 is 41.4 Å². The van der Waals surface area contributed by atoms with Crippen LogP contribution in [0.25, 0.3) is 10.9 Å². The largest absolute Gasteiger partial charge is 0.467 e. The number of amidine groups is 1. The lowest BCUT2D eigenvalue weighted by molar-refractivity contribution is -0.143. The van der Waals surface area contributed by atoms with Crippen LogP contribution in [0.2, 0.25) is 0 Å². The Hall–Kier alpha value is -5.47. The third kappa shape index (κ3) is 9.77. The smallest absolute Gasteiger partial charge is 0.407 e. The molecule has 2 unspecified atom stereocenters. The van der Waals surface area contributed by atoms with Crippen molar-refractivity contribution in [3.8, 4) is 0 Å². The highest BCUT2D eigenvalue weighted by molar-refractivity contribution is 6.03. The first kappa shape index (κ1) is 34.0. The number of nitrogen functional groups attached to an aromatic ring is 1. The second kappa shape index (κ2) is 16.4. The molecule has 2 aromatic carbocycles. The molecule has 4 rings (SSSR count). The number of carbonyl (C=O) groups excluding carboxylic acids is 4. The molecule has 0 radical (unpaired) electrons. The van der Waals surface area contributed by atoms with E-state index >= 15 is 0 Å². The van der Waals surface area contributed by atoms with Crippen LogP contribution < -0.4 is 22.1 Å².